The standard InChI is InChI=1S/C19H26O12/c1-7(21)8-3-4-9(22)13(14(8)23)10(5-11(29-2)18(27)28)30-19-17(26)16(25)15(24)12(6-20)31-19/h3-4,10-12,15-17,19-20,22-26H,5-6H2,1-2H3,(H,27,28)/t10-,11-,12+,15+,16-,17+,19+/m1/s1. The van der Waals surface area contributed by atoms with Crippen molar-refractivity contribution in [3.63, 3.8) is 0 Å². The van der Waals surface area contributed by atoms with Gasteiger partial charge in [-0.25, -0.2) is 4.79 Å². The van der Waals surface area contributed by atoms with Crippen molar-refractivity contribution in [1.82, 2.24) is 0 Å². The number of aromatic hydroxyl groups is 2. The Morgan fingerprint density at radius 2 is 1.77 bits per heavy atom. The number of benzene rings is 1. The van der Waals surface area contributed by atoms with E-state index in [9.17, 15) is 45.3 Å². The first-order valence-electron chi connectivity index (χ1n) is 9.30. The first-order chi connectivity index (χ1) is 14.5. The molecule has 0 aliphatic carbocycles. The summed E-state index contributed by atoms with van der Waals surface area (Å²) < 4.78 is 15.7. The predicted molar refractivity (Wildman–Crippen MR) is 100 cm³/mol. The molecule has 1 saturated heterocycles. The Morgan fingerprint density at radius 1 is 1.13 bits per heavy atom. The normalized spacial score (nSPS) is 28.1. The molecule has 1 aliphatic rings. The van der Waals surface area contributed by atoms with Gasteiger partial charge in [0.2, 0.25) is 0 Å². The molecule has 1 heterocycles. The number of hydrogen-bond acceptors (Lipinski definition) is 11. The summed E-state index contributed by atoms with van der Waals surface area (Å²) in [6.45, 7) is 0.431. The third-order valence-electron chi connectivity index (χ3n) is 5.03. The lowest BCUT2D eigenvalue weighted by atomic mass is 9.96. The van der Waals surface area contributed by atoms with E-state index in [0.717, 1.165) is 19.2 Å². The molecule has 2 rings (SSSR count). The maximum absolute atomic E-state index is 11.8. The molecule has 7 N–H and O–H groups in total. The Kier molecular flexibility index (Phi) is 8.31. The minimum Gasteiger partial charge on any atom is -0.507 e. The molecule has 0 aromatic heterocycles. The fourth-order valence-corrected chi connectivity index (χ4v) is 3.27. The van der Waals surface area contributed by atoms with Crippen LogP contribution in [0.1, 0.15) is 35.4 Å². The number of Topliss-reactive ketones (excluding diaryl/α,β-unsaturated/α-hetero) is 1. The zero-order valence-corrected chi connectivity index (χ0v) is 16.8. The summed E-state index contributed by atoms with van der Waals surface area (Å²) >= 11 is 0. The monoisotopic (exact) mass is 446 g/mol. The summed E-state index contributed by atoms with van der Waals surface area (Å²) in [6.07, 6.45) is -11.8. The molecular weight excluding hydrogens is 420 g/mol. The third kappa shape index (κ3) is 5.30. The highest BCUT2D eigenvalue weighted by Gasteiger charge is 2.45. The molecule has 12 nitrogen and oxygen atoms in total. The van der Waals surface area contributed by atoms with Gasteiger partial charge in [0.05, 0.1) is 23.8 Å². The predicted octanol–water partition coefficient (Wildman–Crippen LogP) is -1.35. The van der Waals surface area contributed by atoms with E-state index in [2.05, 4.69) is 0 Å². The Morgan fingerprint density at radius 3 is 2.29 bits per heavy atom. The molecule has 0 unspecified atom stereocenters. The van der Waals surface area contributed by atoms with Gasteiger partial charge in [-0.3, -0.25) is 4.79 Å². The second-order valence-corrected chi connectivity index (χ2v) is 7.07. The second-order valence-electron chi connectivity index (χ2n) is 7.07. The molecule has 0 radical (unpaired) electrons. The van der Waals surface area contributed by atoms with E-state index < -0.39 is 79.2 Å². The molecule has 1 aliphatic heterocycles. The molecule has 12 heteroatoms. The number of carboxylic acids is 1. The molecule has 1 aromatic carbocycles. The lowest BCUT2D eigenvalue weighted by molar-refractivity contribution is -0.314. The molecule has 0 spiro atoms. The van der Waals surface area contributed by atoms with Crippen molar-refractivity contribution < 1.29 is 59.5 Å². The topological polar surface area (TPSA) is 203 Å². The minimum absolute atomic E-state index is 0.181. The van der Waals surface area contributed by atoms with E-state index in [-0.39, 0.29) is 11.1 Å². The maximum Gasteiger partial charge on any atom is 0.332 e. The molecule has 1 aromatic rings. The van der Waals surface area contributed by atoms with Crippen molar-refractivity contribution in [1.29, 1.82) is 0 Å². The molecule has 174 valence electrons. The number of ether oxygens (including phenoxy) is 3. The smallest absolute Gasteiger partial charge is 0.332 e. The first kappa shape index (κ1) is 24.9. The van der Waals surface area contributed by atoms with Crippen molar-refractivity contribution in [2.45, 2.75) is 56.3 Å². The highest BCUT2D eigenvalue weighted by Crippen LogP contribution is 2.41. The summed E-state index contributed by atoms with van der Waals surface area (Å²) in [5.41, 5.74) is -0.549. The molecule has 0 saturated carbocycles. The number of aliphatic hydroxyl groups excluding tert-OH is 4. The molecule has 7 atom stereocenters. The van der Waals surface area contributed by atoms with Crippen LogP contribution < -0.4 is 0 Å². The first-order valence-corrected chi connectivity index (χ1v) is 9.30. The Bertz CT molecular complexity index is 794. The van der Waals surface area contributed by atoms with Crippen LogP contribution in [-0.2, 0) is 19.0 Å². The Hall–Kier alpha value is -2.32. The number of ketones is 1. The molecule has 31 heavy (non-hydrogen) atoms. The van der Waals surface area contributed by atoms with E-state index in [0.29, 0.717) is 0 Å². The average molecular weight is 446 g/mol. The van der Waals surface area contributed by atoms with E-state index in [1.54, 1.807) is 0 Å². The van der Waals surface area contributed by atoms with Crippen LogP contribution in [0.3, 0.4) is 0 Å². The number of methoxy groups -OCH3 is 1. The average Bonchev–Trinajstić information content (AvgIpc) is 2.71. The van der Waals surface area contributed by atoms with E-state index in [1.165, 1.54) is 6.92 Å². The fraction of sp³-hybridized carbons (Fsp3) is 0.579. The fourth-order valence-electron chi connectivity index (χ4n) is 3.27. The number of carbonyl (C=O) groups is 2. The number of carboxylic acid groups (broad SMARTS) is 1. The summed E-state index contributed by atoms with van der Waals surface area (Å²) in [5.74, 6) is -3.17. The van der Waals surface area contributed by atoms with Gasteiger partial charge >= 0.3 is 5.97 Å². The van der Waals surface area contributed by atoms with Crippen LogP contribution in [0.5, 0.6) is 11.5 Å². The largest absolute Gasteiger partial charge is 0.507 e. The SMILES string of the molecule is CO[C@H](C[C@@H](O[C@H]1O[C@@H](CO)[C@H](O)[C@@H](O)[C@@H]1O)c1c(O)ccc(C(C)=O)c1O)C(=O)O. The number of phenolic OH excluding ortho intramolecular Hbond substituents is 2. The van der Waals surface area contributed by atoms with Crippen molar-refractivity contribution in [3.05, 3.63) is 23.3 Å². The van der Waals surface area contributed by atoms with Crippen molar-refractivity contribution in [2.75, 3.05) is 13.7 Å². The van der Waals surface area contributed by atoms with Gasteiger partial charge in [-0.2, -0.15) is 0 Å². The van der Waals surface area contributed by atoms with Crippen molar-refractivity contribution >= 4 is 11.8 Å². The number of carbonyl (C=O) groups excluding carboxylic acids is 1. The van der Waals surface area contributed by atoms with Crippen LogP contribution in [0.2, 0.25) is 0 Å². The minimum atomic E-state index is -1.83. The molecule has 0 bridgehead atoms. The second kappa shape index (κ2) is 10.3. The number of aliphatic hydroxyl groups is 4. The van der Waals surface area contributed by atoms with Crippen LogP contribution in [0.25, 0.3) is 0 Å². The van der Waals surface area contributed by atoms with Crippen LogP contribution >= 0.6 is 0 Å². The van der Waals surface area contributed by atoms with E-state index in [4.69, 9.17) is 14.2 Å². The highest BCUT2D eigenvalue weighted by molar-refractivity contribution is 5.97. The summed E-state index contributed by atoms with van der Waals surface area (Å²) in [4.78, 5) is 23.2. The zero-order chi connectivity index (χ0) is 23.5. The van der Waals surface area contributed by atoms with E-state index in [1.807, 2.05) is 0 Å². The van der Waals surface area contributed by atoms with Crippen molar-refractivity contribution in [3.8, 4) is 11.5 Å². The Balaban J connectivity index is 2.49. The maximum atomic E-state index is 11.8. The number of rotatable bonds is 9. The molecule has 0 amide bonds. The van der Waals surface area contributed by atoms with Crippen LogP contribution in [0.15, 0.2) is 12.1 Å². The zero-order valence-electron chi connectivity index (χ0n) is 16.8. The number of aliphatic carboxylic acids is 1. The summed E-state index contributed by atoms with van der Waals surface area (Å²) in [5, 5.41) is 69.6. The van der Waals surface area contributed by atoms with Gasteiger partial charge < -0.3 is 50.0 Å². The molecule has 1 fully saturated rings. The summed E-state index contributed by atoms with van der Waals surface area (Å²) in [7, 11) is 1.11. The Labute approximate surface area is 176 Å². The number of phenols is 2. The highest BCUT2D eigenvalue weighted by atomic mass is 16.7. The van der Waals surface area contributed by atoms with Crippen LogP contribution in [0, 0.1) is 0 Å². The van der Waals surface area contributed by atoms with Gasteiger partial charge in [0.1, 0.15) is 35.9 Å². The molecular formula is C19H26O12. The van der Waals surface area contributed by atoms with Gasteiger partial charge in [0, 0.05) is 13.5 Å². The van der Waals surface area contributed by atoms with Crippen LogP contribution in [-0.4, -0.2) is 98.0 Å². The van der Waals surface area contributed by atoms with E-state index >= 15 is 0 Å². The van der Waals surface area contributed by atoms with Gasteiger partial charge in [-0.15, -0.1) is 0 Å². The quantitative estimate of drug-likeness (QED) is 0.220. The van der Waals surface area contributed by atoms with Crippen molar-refractivity contribution in [2.24, 2.45) is 0 Å². The lowest BCUT2D eigenvalue weighted by Crippen LogP contribution is -2.59. The van der Waals surface area contributed by atoms with Crippen LogP contribution in [0.4, 0.5) is 0 Å². The third-order valence-corrected chi connectivity index (χ3v) is 5.03. The number of hydrogen-bond donors (Lipinski definition) is 7. The van der Waals surface area contributed by atoms with Gasteiger partial charge in [0.15, 0.2) is 18.2 Å². The summed E-state index contributed by atoms with van der Waals surface area (Å²) in [6, 6.07) is 2.25. The van der Waals surface area contributed by atoms with Gasteiger partial charge in [0.25, 0.3) is 0 Å². The lowest BCUT2D eigenvalue weighted by Gasteiger charge is -2.41. The van der Waals surface area contributed by atoms with Gasteiger partial charge in [-0.05, 0) is 19.1 Å². The van der Waals surface area contributed by atoms with Gasteiger partial charge in [-0.1, -0.05) is 0 Å².